The third-order valence-corrected chi connectivity index (χ3v) is 3.41. The number of nitrogen functional groups attached to an aromatic ring is 1. The lowest BCUT2D eigenvalue weighted by Crippen LogP contribution is -2.20. The number of H-pyrrole nitrogens is 1. The van der Waals surface area contributed by atoms with Gasteiger partial charge in [0.1, 0.15) is 11.1 Å². The van der Waals surface area contributed by atoms with Gasteiger partial charge in [-0.1, -0.05) is 31.5 Å². The summed E-state index contributed by atoms with van der Waals surface area (Å²) in [6, 6.07) is 1.20. The summed E-state index contributed by atoms with van der Waals surface area (Å²) in [4.78, 5) is 29.4. The van der Waals surface area contributed by atoms with E-state index in [-0.39, 0.29) is 22.6 Å². The van der Waals surface area contributed by atoms with Crippen molar-refractivity contribution in [2.75, 3.05) is 12.8 Å². The molecule has 3 N–H and O–H groups in total. The first-order valence-corrected chi connectivity index (χ1v) is 6.56. The molecule has 1 aromatic heterocycles. The molecule has 1 aromatic rings. The highest BCUT2D eigenvalue weighted by atomic mass is 32.2. The predicted molar refractivity (Wildman–Crippen MR) is 70.5 cm³/mol. The standard InChI is InChI=1S/C11H17N3O3S/c1-3-4-5-7(10(16)17-2)18-11-13-8(12)6-9(15)14-11/h6-7H,3-5H2,1-2H3,(H3,12,13,14,15). The molecule has 0 saturated carbocycles. The molecule has 0 aliphatic carbocycles. The zero-order chi connectivity index (χ0) is 13.5. The van der Waals surface area contributed by atoms with Crippen LogP contribution in [0.5, 0.6) is 0 Å². The zero-order valence-corrected chi connectivity index (χ0v) is 11.3. The number of nitrogens with two attached hydrogens (primary N) is 1. The number of anilines is 1. The lowest BCUT2D eigenvalue weighted by Gasteiger charge is -2.12. The van der Waals surface area contributed by atoms with Gasteiger partial charge < -0.3 is 15.5 Å². The van der Waals surface area contributed by atoms with Gasteiger partial charge in [0.15, 0.2) is 5.16 Å². The molecule has 0 bridgehead atoms. The van der Waals surface area contributed by atoms with E-state index in [1.807, 2.05) is 6.92 Å². The van der Waals surface area contributed by atoms with Gasteiger partial charge in [0.25, 0.3) is 5.56 Å². The average molecular weight is 271 g/mol. The molecule has 0 aliphatic rings. The molecule has 0 radical (unpaired) electrons. The first kappa shape index (κ1) is 14.6. The fourth-order valence-corrected chi connectivity index (χ4v) is 2.45. The number of hydrogen-bond acceptors (Lipinski definition) is 6. The quantitative estimate of drug-likeness (QED) is 0.458. The molecule has 0 aromatic carbocycles. The van der Waals surface area contributed by atoms with Crippen molar-refractivity contribution in [3.05, 3.63) is 16.4 Å². The van der Waals surface area contributed by atoms with Crippen LogP contribution >= 0.6 is 11.8 Å². The van der Waals surface area contributed by atoms with E-state index in [1.165, 1.54) is 24.9 Å². The van der Waals surface area contributed by atoms with Crippen molar-refractivity contribution in [1.29, 1.82) is 0 Å². The molecule has 0 saturated heterocycles. The number of unbranched alkanes of at least 4 members (excludes halogenated alkanes) is 1. The highest BCUT2D eigenvalue weighted by molar-refractivity contribution is 8.00. The molecule has 0 aliphatic heterocycles. The minimum absolute atomic E-state index is 0.139. The predicted octanol–water partition coefficient (Wildman–Crippen LogP) is 1.18. The van der Waals surface area contributed by atoms with Crippen molar-refractivity contribution >= 4 is 23.5 Å². The third-order valence-electron chi connectivity index (χ3n) is 2.28. The second-order valence-corrected chi connectivity index (χ2v) is 4.94. The highest BCUT2D eigenvalue weighted by Crippen LogP contribution is 2.24. The van der Waals surface area contributed by atoms with Crippen LogP contribution in [0.1, 0.15) is 26.2 Å². The molecule has 1 atom stereocenters. The van der Waals surface area contributed by atoms with Gasteiger partial charge in [-0.05, 0) is 6.42 Å². The van der Waals surface area contributed by atoms with Crippen molar-refractivity contribution in [3.63, 3.8) is 0 Å². The Hall–Kier alpha value is -1.50. The molecule has 18 heavy (non-hydrogen) atoms. The van der Waals surface area contributed by atoms with E-state index in [4.69, 9.17) is 10.5 Å². The van der Waals surface area contributed by atoms with Crippen LogP contribution in [0, 0.1) is 0 Å². The zero-order valence-electron chi connectivity index (χ0n) is 10.4. The van der Waals surface area contributed by atoms with Gasteiger partial charge in [0, 0.05) is 6.07 Å². The number of carbonyl (C=O) groups excluding carboxylic acids is 1. The van der Waals surface area contributed by atoms with Crippen molar-refractivity contribution in [3.8, 4) is 0 Å². The van der Waals surface area contributed by atoms with E-state index in [0.717, 1.165) is 12.8 Å². The van der Waals surface area contributed by atoms with E-state index in [0.29, 0.717) is 11.6 Å². The minimum atomic E-state index is -0.375. The Labute approximate surface area is 109 Å². The Kier molecular flexibility index (Phi) is 5.70. The lowest BCUT2D eigenvalue weighted by atomic mass is 10.2. The van der Waals surface area contributed by atoms with E-state index in [1.54, 1.807) is 0 Å². The van der Waals surface area contributed by atoms with Crippen LogP contribution in [0.4, 0.5) is 5.82 Å². The number of esters is 1. The number of methoxy groups -OCH3 is 1. The van der Waals surface area contributed by atoms with Gasteiger partial charge >= 0.3 is 5.97 Å². The molecule has 0 amide bonds. The maximum atomic E-state index is 11.6. The van der Waals surface area contributed by atoms with E-state index >= 15 is 0 Å². The molecule has 1 rings (SSSR count). The molecule has 1 heterocycles. The van der Waals surface area contributed by atoms with Crippen molar-refractivity contribution in [1.82, 2.24) is 9.97 Å². The van der Waals surface area contributed by atoms with E-state index < -0.39 is 0 Å². The van der Waals surface area contributed by atoms with Gasteiger partial charge in [0.05, 0.1) is 7.11 Å². The molecule has 7 heteroatoms. The smallest absolute Gasteiger partial charge is 0.319 e. The number of aromatic nitrogens is 2. The van der Waals surface area contributed by atoms with Crippen LogP contribution in [-0.4, -0.2) is 28.3 Å². The summed E-state index contributed by atoms with van der Waals surface area (Å²) in [6.07, 6.45) is 2.56. The Morgan fingerprint density at radius 3 is 2.94 bits per heavy atom. The molecule has 0 spiro atoms. The normalized spacial score (nSPS) is 12.1. The topological polar surface area (TPSA) is 98.1 Å². The fraction of sp³-hybridized carbons (Fsp3) is 0.545. The summed E-state index contributed by atoms with van der Waals surface area (Å²) in [7, 11) is 1.34. The molecule has 0 fully saturated rings. The molecule has 1 unspecified atom stereocenters. The van der Waals surface area contributed by atoms with Gasteiger partial charge in [-0.3, -0.25) is 9.59 Å². The number of rotatable bonds is 6. The minimum Gasteiger partial charge on any atom is -0.468 e. The molecular formula is C11H17N3O3S. The summed E-state index contributed by atoms with van der Waals surface area (Å²) in [6.45, 7) is 2.04. The third kappa shape index (κ3) is 4.40. The number of aromatic amines is 1. The maximum Gasteiger partial charge on any atom is 0.319 e. The van der Waals surface area contributed by atoms with Crippen molar-refractivity contribution < 1.29 is 9.53 Å². The maximum absolute atomic E-state index is 11.6. The summed E-state index contributed by atoms with van der Waals surface area (Å²) < 4.78 is 4.73. The number of hydrogen-bond donors (Lipinski definition) is 2. The Morgan fingerprint density at radius 1 is 1.67 bits per heavy atom. The molecular weight excluding hydrogens is 254 g/mol. The van der Waals surface area contributed by atoms with Crippen LogP contribution in [0.15, 0.2) is 16.0 Å². The Balaban J connectivity index is 2.81. The van der Waals surface area contributed by atoms with E-state index in [2.05, 4.69) is 9.97 Å². The monoisotopic (exact) mass is 271 g/mol. The second kappa shape index (κ2) is 7.05. The SMILES string of the molecule is CCCCC(Sc1nc(N)cc(=O)[nH]1)C(=O)OC. The largest absolute Gasteiger partial charge is 0.468 e. The first-order valence-electron chi connectivity index (χ1n) is 5.68. The van der Waals surface area contributed by atoms with Gasteiger partial charge in [-0.25, -0.2) is 4.98 Å². The number of thioether (sulfide) groups is 1. The van der Waals surface area contributed by atoms with Gasteiger partial charge in [-0.2, -0.15) is 0 Å². The number of nitrogens with zero attached hydrogens (tertiary/aromatic N) is 1. The summed E-state index contributed by atoms with van der Waals surface area (Å²) in [5, 5.41) is -0.0357. The van der Waals surface area contributed by atoms with Crippen LogP contribution in [0.25, 0.3) is 0 Å². The summed E-state index contributed by atoms with van der Waals surface area (Å²) >= 11 is 1.17. The van der Waals surface area contributed by atoms with Crippen LogP contribution in [0.3, 0.4) is 0 Å². The molecule has 6 nitrogen and oxygen atoms in total. The number of carbonyl (C=O) groups is 1. The summed E-state index contributed by atoms with van der Waals surface area (Å²) in [5.41, 5.74) is 5.15. The molecule has 100 valence electrons. The van der Waals surface area contributed by atoms with Gasteiger partial charge in [0.2, 0.25) is 0 Å². The second-order valence-electron chi connectivity index (χ2n) is 3.75. The average Bonchev–Trinajstić information content (AvgIpc) is 2.32. The van der Waals surface area contributed by atoms with Crippen LogP contribution < -0.4 is 11.3 Å². The van der Waals surface area contributed by atoms with Gasteiger partial charge in [-0.15, -0.1) is 0 Å². The van der Waals surface area contributed by atoms with Crippen molar-refractivity contribution in [2.45, 2.75) is 36.6 Å². The number of nitrogens with one attached hydrogen (secondary N) is 1. The fourth-order valence-electron chi connectivity index (χ4n) is 1.39. The van der Waals surface area contributed by atoms with Crippen LogP contribution in [-0.2, 0) is 9.53 Å². The Bertz CT molecular complexity index is 461. The van der Waals surface area contributed by atoms with E-state index in [9.17, 15) is 9.59 Å². The Morgan fingerprint density at radius 2 is 2.39 bits per heavy atom. The highest BCUT2D eigenvalue weighted by Gasteiger charge is 2.21. The van der Waals surface area contributed by atoms with Crippen molar-refractivity contribution in [2.24, 2.45) is 0 Å². The number of ether oxygens (including phenoxy) is 1. The first-order chi connectivity index (χ1) is 8.56. The van der Waals surface area contributed by atoms with Crippen LogP contribution in [0.2, 0.25) is 0 Å². The lowest BCUT2D eigenvalue weighted by molar-refractivity contribution is -0.140. The summed E-state index contributed by atoms with van der Waals surface area (Å²) in [5.74, 6) is -0.182.